The number of rotatable bonds is 4. The van der Waals surface area contributed by atoms with Crippen molar-refractivity contribution in [1.82, 2.24) is 4.90 Å². The van der Waals surface area contributed by atoms with E-state index >= 15 is 0 Å². The molecule has 0 aliphatic carbocycles. The molecule has 1 aliphatic heterocycles. The summed E-state index contributed by atoms with van der Waals surface area (Å²) in [6.45, 7) is 3.90. The number of carbonyl (C=O) groups is 1. The van der Waals surface area contributed by atoms with Gasteiger partial charge in [-0.3, -0.25) is 9.69 Å². The van der Waals surface area contributed by atoms with Crippen molar-refractivity contribution in [3.8, 4) is 0 Å². The van der Waals surface area contributed by atoms with E-state index in [0.29, 0.717) is 19.7 Å². The van der Waals surface area contributed by atoms with Crippen LogP contribution in [0.5, 0.6) is 0 Å². The first-order valence-electron chi connectivity index (χ1n) is 5.23. The first-order chi connectivity index (χ1) is 6.77. The van der Waals surface area contributed by atoms with Crippen LogP contribution in [0.15, 0.2) is 0 Å². The molecule has 0 amide bonds. The van der Waals surface area contributed by atoms with Crippen molar-refractivity contribution >= 4 is 5.97 Å². The van der Waals surface area contributed by atoms with Gasteiger partial charge in [0.1, 0.15) is 6.67 Å². The maximum absolute atomic E-state index is 12.1. The molecule has 1 rings (SSSR count). The Balaban J connectivity index is 2.35. The Hall–Kier alpha value is -0.640. The Morgan fingerprint density at radius 3 is 3.07 bits per heavy atom. The van der Waals surface area contributed by atoms with Crippen LogP contribution in [0.1, 0.15) is 19.8 Å². The smallest absolute Gasteiger partial charge is 0.310 e. The molecule has 0 saturated carbocycles. The van der Waals surface area contributed by atoms with Crippen molar-refractivity contribution in [3.63, 3.8) is 0 Å². The standard InChI is InChI=1S/C10H18FNO2/c1-2-14-10(13)9-4-3-6-12(8-9)7-5-11/h9H,2-8H2,1H3/t9-/m1/s1. The van der Waals surface area contributed by atoms with Crippen LogP contribution < -0.4 is 0 Å². The number of nitrogens with zero attached hydrogens (tertiary/aromatic N) is 1. The average Bonchev–Trinajstić information content (AvgIpc) is 2.19. The lowest BCUT2D eigenvalue weighted by Gasteiger charge is -2.30. The maximum Gasteiger partial charge on any atom is 0.310 e. The van der Waals surface area contributed by atoms with Gasteiger partial charge < -0.3 is 4.74 Å². The zero-order valence-corrected chi connectivity index (χ0v) is 8.67. The predicted molar refractivity (Wildman–Crippen MR) is 51.8 cm³/mol. The fraction of sp³-hybridized carbons (Fsp3) is 0.900. The van der Waals surface area contributed by atoms with Gasteiger partial charge >= 0.3 is 5.97 Å². The monoisotopic (exact) mass is 203 g/mol. The Bertz CT molecular complexity index is 185. The van der Waals surface area contributed by atoms with Gasteiger partial charge in [0.15, 0.2) is 0 Å². The van der Waals surface area contributed by atoms with Crippen LogP contribution >= 0.6 is 0 Å². The third kappa shape index (κ3) is 3.25. The fourth-order valence-electron chi connectivity index (χ4n) is 1.83. The Labute approximate surface area is 84.2 Å². The molecular weight excluding hydrogens is 185 g/mol. The lowest BCUT2D eigenvalue weighted by Crippen LogP contribution is -2.40. The number of carbonyl (C=O) groups excluding carboxylic acids is 1. The molecule has 0 radical (unpaired) electrons. The molecule has 0 aromatic carbocycles. The molecule has 1 aliphatic rings. The second kappa shape index (κ2) is 5.96. The van der Waals surface area contributed by atoms with Crippen LogP contribution in [0, 0.1) is 5.92 Å². The van der Waals surface area contributed by atoms with Gasteiger partial charge in [0.2, 0.25) is 0 Å². The average molecular weight is 203 g/mol. The number of esters is 1. The quantitative estimate of drug-likeness (QED) is 0.644. The SMILES string of the molecule is CCOC(=O)[C@@H]1CCCN(CCF)C1. The Morgan fingerprint density at radius 2 is 2.43 bits per heavy atom. The van der Waals surface area contributed by atoms with Crippen molar-refractivity contribution in [2.75, 3.05) is 32.9 Å². The Kier molecular flexibility index (Phi) is 4.87. The highest BCUT2D eigenvalue weighted by molar-refractivity contribution is 5.72. The molecule has 0 aromatic heterocycles. The highest BCUT2D eigenvalue weighted by atomic mass is 19.1. The second-order valence-corrected chi connectivity index (χ2v) is 3.58. The minimum absolute atomic E-state index is 0.0461. The number of alkyl halides is 1. The molecule has 14 heavy (non-hydrogen) atoms. The molecule has 0 bridgehead atoms. The molecule has 0 N–H and O–H groups in total. The number of piperidine rings is 1. The first-order valence-corrected chi connectivity index (χ1v) is 5.23. The summed E-state index contributed by atoms with van der Waals surface area (Å²) in [5, 5.41) is 0. The number of halogens is 1. The number of ether oxygens (including phenoxy) is 1. The minimum atomic E-state index is -0.338. The van der Waals surface area contributed by atoms with Gasteiger partial charge in [0, 0.05) is 13.1 Å². The molecule has 3 nitrogen and oxygen atoms in total. The molecular formula is C10H18FNO2. The molecule has 1 atom stereocenters. The predicted octanol–water partition coefficient (Wildman–Crippen LogP) is 1.23. The summed E-state index contributed by atoms with van der Waals surface area (Å²) in [5.41, 5.74) is 0. The van der Waals surface area contributed by atoms with Gasteiger partial charge in [-0.15, -0.1) is 0 Å². The largest absolute Gasteiger partial charge is 0.466 e. The van der Waals surface area contributed by atoms with E-state index in [1.807, 2.05) is 4.90 Å². The Morgan fingerprint density at radius 1 is 1.64 bits per heavy atom. The van der Waals surface area contributed by atoms with Crippen LogP contribution in [0.25, 0.3) is 0 Å². The second-order valence-electron chi connectivity index (χ2n) is 3.58. The van der Waals surface area contributed by atoms with E-state index in [4.69, 9.17) is 4.74 Å². The molecule has 1 heterocycles. The molecule has 82 valence electrons. The van der Waals surface area contributed by atoms with Gasteiger partial charge in [0.25, 0.3) is 0 Å². The van der Waals surface area contributed by atoms with E-state index in [1.54, 1.807) is 6.92 Å². The van der Waals surface area contributed by atoms with E-state index in [-0.39, 0.29) is 18.6 Å². The van der Waals surface area contributed by atoms with E-state index < -0.39 is 0 Å². The zero-order valence-electron chi connectivity index (χ0n) is 8.67. The molecule has 1 saturated heterocycles. The molecule has 0 spiro atoms. The van der Waals surface area contributed by atoms with Crippen molar-refractivity contribution < 1.29 is 13.9 Å². The van der Waals surface area contributed by atoms with Gasteiger partial charge in [0.05, 0.1) is 12.5 Å². The normalized spacial score (nSPS) is 23.4. The lowest BCUT2D eigenvalue weighted by atomic mass is 9.98. The van der Waals surface area contributed by atoms with Crippen LogP contribution in [0.2, 0.25) is 0 Å². The van der Waals surface area contributed by atoms with Crippen molar-refractivity contribution in [1.29, 1.82) is 0 Å². The summed E-state index contributed by atoms with van der Waals surface area (Å²) in [6.07, 6.45) is 1.84. The number of hydrogen-bond acceptors (Lipinski definition) is 3. The summed E-state index contributed by atoms with van der Waals surface area (Å²) < 4.78 is 17.0. The van der Waals surface area contributed by atoms with Crippen LogP contribution in [-0.2, 0) is 9.53 Å². The summed E-state index contributed by atoms with van der Waals surface area (Å²) in [4.78, 5) is 13.4. The van der Waals surface area contributed by atoms with Crippen molar-refractivity contribution in [3.05, 3.63) is 0 Å². The molecule has 0 unspecified atom stereocenters. The highest BCUT2D eigenvalue weighted by Crippen LogP contribution is 2.17. The van der Waals surface area contributed by atoms with E-state index in [1.165, 1.54) is 0 Å². The molecule has 0 aromatic rings. The number of likely N-dealkylation sites (tertiary alicyclic amines) is 1. The topological polar surface area (TPSA) is 29.5 Å². The molecule has 1 fully saturated rings. The summed E-state index contributed by atoms with van der Waals surface area (Å²) in [6, 6.07) is 0. The van der Waals surface area contributed by atoms with Crippen LogP contribution in [0.3, 0.4) is 0 Å². The lowest BCUT2D eigenvalue weighted by molar-refractivity contribution is -0.149. The van der Waals surface area contributed by atoms with Crippen molar-refractivity contribution in [2.45, 2.75) is 19.8 Å². The minimum Gasteiger partial charge on any atom is -0.466 e. The third-order valence-electron chi connectivity index (χ3n) is 2.53. The fourth-order valence-corrected chi connectivity index (χ4v) is 1.83. The zero-order chi connectivity index (χ0) is 10.4. The van der Waals surface area contributed by atoms with Crippen LogP contribution in [0.4, 0.5) is 4.39 Å². The van der Waals surface area contributed by atoms with E-state index in [9.17, 15) is 9.18 Å². The van der Waals surface area contributed by atoms with Gasteiger partial charge in [-0.1, -0.05) is 0 Å². The highest BCUT2D eigenvalue weighted by Gasteiger charge is 2.26. The van der Waals surface area contributed by atoms with Crippen molar-refractivity contribution in [2.24, 2.45) is 5.92 Å². The molecule has 4 heteroatoms. The van der Waals surface area contributed by atoms with E-state index in [0.717, 1.165) is 19.4 Å². The van der Waals surface area contributed by atoms with Crippen LogP contribution in [-0.4, -0.2) is 43.8 Å². The maximum atomic E-state index is 12.1. The third-order valence-corrected chi connectivity index (χ3v) is 2.53. The summed E-state index contributed by atoms with van der Waals surface area (Å²) in [5.74, 6) is -0.175. The number of hydrogen-bond donors (Lipinski definition) is 0. The van der Waals surface area contributed by atoms with Gasteiger partial charge in [-0.25, -0.2) is 4.39 Å². The van der Waals surface area contributed by atoms with E-state index in [2.05, 4.69) is 0 Å². The first kappa shape index (κ1) is 11.4. The van der Waals surface area contributed by atoms with Gasteiger partial charge in [-0.2, -0.15) is 0 Å². The van der Waals surface area contributed by atoms with Gasteiger partial charge in [-0.05, 0) is 26.3 Å². The summed E-state index contributed by atoms with van der Waals surface area (Å²) >= 11 is 0. The summed E-state index contributed by atoms with van der Waals surface area (Å²) in [7, 11) is 0.